The zero-order chi connectivity index (χ0) is 16.4. The highest BCUT2D eigenvalue weighted by molar-refractivity contribution is 5.77. The highest BCUT2D eigenvalue weighted by atomic mass is 16.4. The van der Waals surface area contributed by atoms with Crippen LogP contribution < -0.4 is 17.2 Å². The van der Waals surface area contributed by atoms with Crippen LogP contribution in [0.1, 0.15) is 18.5 Å². The summed E-state index contributed by atoms with van der Waals surface area (Å²) < 4.78 is 0. The molecule has 10 heteroatoms. The number of H-pyrrole nitrogens is 1. The van der Waals surface area contributed by atoms with Gasteiger partial charge in [-0.1, -0.05) is 0 Å². The summed E-state index contributed by atoms with van der Waals surface area (Å²) in [7, 11) is 0. The number of nitrogens with one attached hydrogen (secondary N) is 1. The average Bonchev–Trinajstić information content (AvgIpc) is 2.89. The maximum Gasteiger partial charge on any atom is 0.320 e. The van der Waals surface area contributed by atoms with Gasteiger partial charge in [-0.15, -0.1) is 0 Å². The summed E-state index contributed by atoms with van der Waals surface area (Å²) in [4.78, 5) is 37.0. The number of primary amides is 1. The summed E-state index contributed by atoms with van der Waals surface area (Å²) in [6.45, 7) is 0. The SMILES string of the molecule is NC(=O)CCC(N)C(=O)O.NC(Cc1c[nH]cn1)C(=O)O. The maximum atomic E-state index is 10.3. The second-order valence-electron chi connectivity index (χ2n) is 4.16. The van der Waals surface area contributed by atoms with E-state index in [1.807, 2.05) is 0 Å². The molecule has 0 fully saturated rings. The first kappa shape index (κ1) is 18.5. The van der Waals surface area contributed by atoms with Crippen molar-refractivity contribution in [2.75, 3.05) is 0 Å². The minimum Gasteiger partial charge on any atom is -0.480 e. The fourth-order valence-corrected chi connectivity index (χ4v) is 1.14. The van der Waals surface area contributed by atoms with E-state index >= 15 is 0 Å². The number of aromatic amines is 1. The van der Waals surface area contributed by atoms with Gasteiger partial charge in [0.25, 0.3) is 0 Å². The quantitative estimate of drug-likeness (QED) is 0.333. The number of imidazole rings is 1. The molecule has 0 aromatic carbocycles. The van der Waals surface area contributed by atoms with Gasteiger partial charge in [-0.2, -0.15) is 0 Å². The van der Waals surface area contributed by atoms with Crippen LogP contribution >= 0.6 is 0 Å². The van der Waals surface area contributed by atoms with Gasteiger partial charge in [0.15, 0.2) is 0 Å². The van der Waals surface area contributed by atoms with E-state index in [0.717, 1.165) is 0 Å². The third-order valence-corrected chi connectivity index (χ3v) is 2.32. The van der Waals surface area contributed by atoms with Crippen LogP contribution in [0.5, 0.6) is 0 Å². The average molecular weight is 301 g/mol. The third-order valence-electron chi connectivity index (χ3n) is 2.32. The number of carboxylic acid groups (broad SMARTS) is 2. The standard InChI is InChI=1S/C6H9N3O2.C5H10N2O3/c7-5(6(10)11)1-4-2-8-3-9-4;6-3(5(9)10)1-2-4(7)8/h2-3,5H,1,7H2,(H,8,9)(H,10,11);3H,1-2,6H2,(H2,7,8)(H,9,10). The van der Waals surface area contributed by atoms with Crippen molar-refractivity contribution in [1.82, 2.24) is 9.97 Å². The predicted molar refractivity (Wildman–Crippen MR) is 71.9 cm³/mol. The number of carbonyl (C=O) groups excluding carboxylic acids is 1. The van der Waals surface area contributed by atoms with Gasteiger partial charge in [0.05, 0.1) is 12.0 Å². The van der Waals surface area contributed by atoms with E-state index in [-0.39, 0.29) is 19.3 Å². The number of hydrogen-bond acceptors (Lipinski definition) is 6. The number of rotatable bonds is 7. The summed E-state index contributed by atoms with van der Waals surface area (Å²) in [6, 6.07) is -1.84. The number of nitrogens with zero attached hydrogens (tertiary/aromatic N) is 1. The van der Waals surface area contributed by atoms with Gasteiger partial charge in [0.2, 0.25) is 5.91 Å². The molecule has 1 rings (SSSR count). The van der Waals surface area contributed by atoms with E-state index in [9.17, 15) is 14.4 Å². The number of hydrogen-bond donors (Lipinski definition) is 6. The lowest BCUT2D eigenvalue weighted by atomic mass is 10.2. The Morgan fingerprint density at radius 2 is 1.76 bits per heavy atom. The number of aromatic nitrogens is 2. The molecule has 21 heavy (non-hydrogen) atoms. The van der Waals surface area contributed by atoms with Gasteiger partial charge >= 0.3 is 11.9 Å². The fraction of sp³-hybridized carbons (Fsp3) is 0.455. The lowest BCUT2D eigenvalue weighted by Crippen LogP contribution is -2.32. The van der Waals surface area contributed by atoms with Crippen molar-refractivity contribution in [3.63, 3.8) is 0 Å². The summed E-state index contributed by atoms with van der Waals surface area (Å²) in [5.41, 5.74) is 15.7. The molecular weight excluding hydrogens is 282 g/mol. The number of carbonyl (C=O) groups is 3. The highest BCUT2D eigenvalue weighted by Crippen LogP contribution is 1.95. The molecule has 2 unspecified atom stereocenters. The van der Waals surface area contributed by atoms with Gasteiger partial charge in [-0.05, 0) is 6.42 Å². The zero-order valence-corrected chi connectivity index (χ0v) is 11.2. The van der Waals surface area contributed by atoms with Crippen LogP contribution in [0.3, 0.4) is 0 Å². The van der Waals surface area contributed by atoms with Crippen molar-refractivity contribution >= 4 is 17.8 Å². The summed E-state index contributed by atoms with van der Waals surface area (Å²) in [5, 5.41) is 16.6. The molecule has 2 atom stereocenters. The summed E-state index contributed by atoms with van der Waals surface area (Å²) >= 11 is 0. The molecular formula is C11H19N5O5. The molecule has 0 radical (unpaired) electrons. The van der Waals surface area contributed by atoms with Crippen LogP contribution in [0, 0.1) is 0 Å². The van der Waals surface area contributed by atoms with E-state index in [4.69, 9.17) is 27.4 Å². The van der Waals surface area contributed by atoms with Crippen LogP contribution in [0.2, 0.25) is 0 Å². The van der Waals surface area contributed by atoms with E-state index in [1.165, 1.54) is 6.33 Å². The van der Waals surface area contributed by atoms with Crippen molar-refractivity contribution < 1.29 is 24.6 Å². The monoisotopic (exact) mass is 301 g/mol. The topological polar surface area (TPSA) is 198 Å². The zero-order valence-electron chi connectivity index (χ0n) is 11.2. The lowest BCUT2D eigenvalue weighted by Gasteiger charge is -2.01. The van der Waals surface area contributed by atoms with E-state index in [2.05, 4.69) is 9.97 Å². The highest BCUT2D eigenvalue weighted by Gasteiger charge is 2.12. The molecule has 1 amide bonds. The first-order valence-electron chi connectivity index (χ1n) is 5.96. The Balaban J connectivity index is 0.000000384. The third kappa shape index (κ3) is 9.13. The number of carboxylic acids is 2. The Morgan fingerprint density at radius 1 is 1.19 bits per heavy atom. The van der Waals surface area contributed by atoms with E-state index < -0.39 is 29.9 Å². The second-order valence-corrected chi connectivity index (χ2v) is 4.16. The number of amides is 1. The molecule has 10 nitrogen and oxygen atoms in total. The van der Waals surface area contributed by atoms with Crippen LogP contribution in [0.15, 0.2) is 12.5 Å². The van der Waals surface area contributed by atoms with Crippen molar-refractivity contribution in [1.29, 1.82) is 0 Å². The Morgan fingerprint density at radius 3 is 2.14 bits per heavy atom. The van der Waals surface area contributed by atoms with Gasteiger partial charge in [0, 0.05) is 19.0 Å². The van der Waals surface area contributed by atoms with Gasteiger partial charge in [-0.25, -0.2) is 4.98 Å². The Labute approximate surface area is 120 Å². The Kier molecular flexibility index (Phi) is 8.34. The molecule has 0 saturated carbocycles. The molecule has 0 aliphatic heterocycles. The van der Waals surface area contributed by atoms with E-state index in [0.29, 0.717) is 5.69 Å². The van der Waals surface area contributed by atoms with Crippen LogP contribution in [-0.4, -0.2) is 50.1 Å². The smallest absolute Gasteiger partial charge is 0.320 e. The predicted octanol–water partition coefficient (Wildman–Crippen LogP) is -1.97. The van der Waals surface area contributed by atoms with Crippen molar-refractivity contribution in [2.45, 2.75) is 31.3 Å². The molecule has 0 aliphatic rings. The molecule has 118 valence electrons. The molecule has 0 spiro atoms. The fourth-order valence-electron chi connectivity index (χ4n) is 1.14. The molecule has 0 aliphatic carbocycles. The van der Waals surface area contributed by atoms with Gasteiger partial charge < -0.3 is 32.4 Å². The first-order valence-corrected chi connectivity index (χ1v) is 5.96. The van der Waals surface area contributed by atoms with Gasteiger partial charge in [-0.3, -0.25) is 14.4 Å². The largest absolute Gasteiger partial charge is 0.480 e. The summed E-state index contributed by atoms with van der Waals surface area (Å²) in [5.74, 6) is -2.65. The molecule has 1 aromatic heterocycles. The lowest BCUT2D eigenvalue weighted by molar-refractivity contribution is -0.139. The van der Waals surface area contributed by atoms with Crippen molar-refractivity contribution in [2.24, 2.45) is 17.2 Å². The Bertz CT molecular complexity index is 462. The van der Waals surface area contributed by atoms with Crippen LogP contribution in [0.4, 0.5) is 0 Å². The first-order chi connectivity index (χ1) is 9.73. The minimum atomic E-state index is -1.11. The normalized spacial score (nSPS) is 12.7. The number of nitrogens with two attached hydrogens (primary N) is 3. The molecule has 1 aromatic rings. The second kappa shape index (κ2) is 9.44. The minimum absolute atomic E-state index is 0.0213. The van der Waals surface area contributed by atoms with Crippen molar-refractivity contribution in [3.05, 3.63) is 18.2 Å². The number of aliphatic carboxylic acids is 2. The van der Waals surface area contributed by atoms with Crippen molar-refractivity contribution in [3.8, 4) is 0 Å². The molecule has 1 heterocycles. The van der Waals surface area contributed by atoms with Crippen LogP contribution in [-0.2, 0) is 20.8 Å². The molecule has 0 bridgehead atoms. The summed E-state index contributed by atoms with van der Waals surface area (Å²) in [6.07, 6.45) is 3.50. The van der Waals surface area contributed by atoms with Gasteiger partial charge in [0.1, 0.15) is 12.1 Å². The Hall–Kier alpha value is -2.46. The molecule has 9 N–H and O–H groups in total. The molecule has 0 saturated heterocycles. The van der Waals surface area contributed by atoms with Crippen LogP contribution in [0.25, 0.3) is 0 Å². The van der Waals surface area contributed by atoms with E-state index in [1.54, 1.807) is 6.20 Å². The maximum absolute atomic E-state index is 10.3.